The Labute approximate surface area is 58.5 Å². The Kier molecular flexibility index (Phi) is 8.45. The van der Waals surface area contributed by atoms with Gasteiger partial charge in [-0.1, -0.05) is 6.58 Å². The van der Waals surface area contributed by atoms with Crippen molar-refractivity contribution >= 4 is 12.0 Å². The van der Waals surface area contributed by atoms with E-state index in [1.165, 1.54) is 6.08 Å². The van der Waals surface area contributed by atoms with Crippen LogP contribution in [-0.4, -0.2) is 24.2 Å². The van der Waals surface area contributed by atoms with Crippen LogP contribution in [0.2, 0.25) is 0 Å². The van der Waals surface area contributed by atoms with Crippen LogP contribution < -0.4 is 11.1 Å². The minimum atomic E-state index is -1.33. The lowest BCUT2D eigenvalue weighted by Crippen LogP contribution is -2.13. The highest BCUT2D eigenvalue weighted by atomic mass is 16.4. The molecule has 0 heterocycles. The molecule has 58 valence electrons. The minimum Gasteiger partial charge on any atom is -0.465 e. The van der Waals surface area contributed by atoms with Crippen LogP contribution >= 0.6 is 0 Å². The fourth-order valence-corrected chi connectivity index (χ4v) is 0.102. The topological polar surface area (TPSA) is 92.4 Å². The molecule has 0 atom stereocenters. The standard InChI is InChI=1S/C4H7NO.CH3NO2/c1-3-4(6)5-2;2-1(3)4/h3H,1H2,2H3,(H,5,6);2H2,(H,3,4). The predicted molar refractivity (Wildman–Crippen MR) is 36.5 cm³/mol. The van der Waals surface area contributed by atoms with Gasteiger partial charge < -0.3 is 16.2 Å². The van der Waals surface area contributed by atoms with E-state index in [2.05, 4.69) is 17.6 Å². The van der Waals surface area contributed by atoms with E-state index in [0.29, 0.717) is 0 Å². The van der Waals surface area contributed by atoms with Crippen LogP contribution in [0.15, 0.2) is 12.7 Å². The summed E-state index contributed by atoms with van der Waals surface area (Å²) in [5, 5.41) is 9.55. The molecule has 0 aromatic heterocycles. The molecule has 0 aliphatic rings. The Balaban J connectivity index is 0. The molecular formula is C5H10N2O3. The second-order valence-corrected chi connectivity index (χ2v) is 1.16. The third kappa shape index (κ3) is 31.6. The SMILES string of the molecule is C=CC(=O)NC.NC(=O)O. The summed E-state index contributed by atoms with van der Waals surface area (Å²) in [6.07, 6.45) is -0.111. The van der Waals surface area contributed by atoms with Crippen LogP contribution in [0.3, 0.4) is 0 Å². The third-order valence-corrected chi connectivity index (χ3v) is 0.432. The summed E-state index contributed by atoms with van der Waals surface area (Å²) >= 11 is 0. The summed E-state index contributed by atoms with van der Waals surface area (Å²) in [5.41, 5.74) is 4.03. The van der Waals surface area contributed by atoms with Crippen LogP contribution in [-0.2, 0) is 4.79 Å². The first kappa shape index (κ1) is 11.3. The van der Waals surface area contributed by atoms with E-state index in [0.717, 1.165) is 0 Å². The van der Waals surface area contributed by atoms with Gasteiger partial charge in [0, 0.05) is 7.05 Å². The number of nitrogens with two attached hydrogens (primary N) is 1. The molecule has 0 unspecified atom stereocenters. The number of carboxylic acid groups (broad SMARTS) is 1. The first-order chi connectivity index (χ1) is 4.54. The molecule has 10 heavy (non-hydrogen) atoms. The summed E-state index contributed by atoms with van der Waals surface area (Å²) in [7, 11) is 1.56. The average Bonchev–Trinajstić information content (AvgIpc) is 1.85. The zero-order chi connectivity index (χ0) is 8.57. The average molecular weight is 146 g/mol. The van der Waals surface area contributed by atoms with E-state index in [4.69, 9.17) is 9.90 Å². The fourth-order valence-electron chi connectivity index (χ4n) is 0.102. The molecule has 5 nitrogen and oxygen atoms in total. The maximum atomic E-state index is 9.95. The fraction of sp³-hybridized carbons (Fsp3) is 0.200. The van der Waals surface area contributed by atoms with Gasteiger partial charge in [0.05, 0.1) is 0 Å². The second-order valence-electron chi connectivity index (χ2n) is 1.16. The van der Waals surface area contributed by atoms with Crippen LogP contribution in [0.1, 0.15) is 0 Å². The van der Waals surface area contributed by atoms with Gasteiger partial charge in [-0.15, -0.1) is 0 Å². The molecule has 0 aromatic carbocycles. The lowest BCUT2D eigenvalue weighted by molar-refractivity contribution is -0.116. The Morgan fingerprint density at radius 3 is 2.00 bits per heavy atom. The van der Waals surface area contributed by atoms with E-state index in [9.17, 15) is 4.79 Å². The van der Waals surface area contributed by atoms with Crippen molar-refractivity contribution in [3.8, 4) is 0 Å². The first-order valence-electron chi connectivity index (χ1n) is 2.37. The maximum Gasteiger partial charge on any atom is 0.402 e. The number of rotatable bonds is 1. The van der Waals surface area contributed by atoms with Gasteiger partial charge in [-0.2, -0.15) is 0 Å². The Morgan fingerprint density at radius 1 is 1.70 bits per heavy atom. The lowest BCUT2D eigenvalue weighted by atomic mass is 10.6. The molecule has 0 aromatic rings. The van der Waals surface area contributed by atoms with Gasteiger partial charge in [0.1, 0.15) is 0 Å². The van der Waals surface area contributed by atoms with Gasteiger partial charge in [-0.05, 0) is 6.08 Å². The summed E-state index contributed by atoms with van der Waals surface area (Å²) in [6.45, 7) is 3.22. The number of carbonyl (C=O) groups excluding carboxylic acids is 1. The molecule has 0 saturated heterocycles. The monoisotopic (exact) mass is 146 g/mol. The summed E-state index contributed by atoms with van der Waals surface area (Å²) < 4.78 is 0. The van der Waals surface area contributed by atoms with E-state index < -0.39 is 6.09 Å². The van der Waals surface area contributed by atoms with Crippen molar-refractivity contribution in [3.63, 3.8) is 0 Å². The van der Waals surface area contributed by atoms with Gasteiger partial charge in [-0.25, -0.2) is 4.79 Å². The zero-order valence-electron chi connectivity index (χ0n) is 5.63. The number of nitrogens with one attached hydrogen (secondary N) is 1. The number of carbonyl (C=O) groups is 2. The number of likely N-dealkylation sites (N-methyl/N-ethyl adjacent to an activating group) is 1. The van der Waals surface area contributed by atoms with Crippen molar-refractivity contribution < 1.29 is 14.7 Å². The number of hydrogen-bond acceptors (Lipinski definition) is 2. The van der Waals surface area contributed by atoms with Gasteiger partial charge in [0.2, 0.25) is 5.91 Å². The van der Waals surface area contributed by atoms with E-state index >= 15 is 0 Å². The van der Waals surface area contributed by atoms with Gasteiger partial charge in [0.25, 0.3) is 0 Å². The molecular weight excluding hydrogens is 136 g/mol. The molecule has 0 aliphatic heterocycles. The molecule has 0 rings (SSSR count). The third-order valence-electron chi connectivity index (χ3n) is 0.432. The summed E-state index contributed by atoms with van der Waals surface area (Å²) in [4.78, 5) is 18.7. The number of amides is 2. The molecule has 5 heteroatoms. The normalized spacial score (nSPS) is 6.50. The smallest absolute Gasteiger partial charge is 0.402 e. The van der Waals surface area contributed by atoms with Crippen LogP contribution in [0.5, 0.6) is 0 Å². The summed E-state index contributed by atoms with van der Waals surface area (Å²) in [6, 6.07) is 0. The quantitative estimate of drug-likeness (QED) is 0.437. The highest BCUT2D eigenvalue weighted by Crippen LogP contribution is 1.56. The molecule has 2 amide bonds. The Morgan fingerprint density at radius 2 is 2.00 bits per heavy atom. The lowest BCUT2D eigenvalue weighted by Gasteiger charge is -1.82. The molecule has 4 N–H and O–H groups in total. The number of primary amides is 1. The van der Waals surface area contributed by atoms with E-state index in [1.807, 2.05) is 0 Å². The van der Waals surface area contributed by atoms with Gasteiger partial charge in [-0.3, -0.25) is 4.79 Å². The van der Waals surface area contributed by atoms with Crippen LogP contribution in [0.25, 0.3) is 0 Å². The zero-order valence-corrected chi connectivity index (χ0v) is 5.63. The predicted octanol–water partition coefficient (Wildman–Crippen LogP) is -0.459. The maximum absolute atomic E-state index is 9.95. The highest BCUT2D eigenvalue weighted by Gasteiger charge is 1.78. The van der Waals surface area contributed by atoms with Crippen molar-refractivity contribution in [1.29, 1.82) is 0 Å². The molecule has 0 saturated carbocycles. The summed E-state index contributed by atoms with van der Waals surface area (Å²) in [5.74, 6) is -0.144. The largest absolute Gasteiger partial charge is 0.465 e. The second kappa shape index (κ2) is 7.48. The van der Waals surface area contributed by atoms with Crippen molar-refractivity contribution in [2.75, 3.05) is 7.05 Å². The molecule has 0 radical (unpaired) electrons. The molecule has 0 spiro atoms. The molecule has 0 bridgehead atoms. The first-order valence-corrected chi connectivity index (χ1v) is 2.37. The molecule has 0 fully saturated rings. The van der Waals surface area contributed by atoms with Crippen molar-refractivity contribution in [3.05, 3.63) is 12.7 Å². The highest BCUT2D eigenvalue weighted by molar-refractivity contribution is 5.86. The van der Waals surface area contributed by atoms with E-state index in [1.54, 1.807) is 7.05 Å². The molecule has 0 aliphatic carbocycles. The van der Waals surface area contributed by atoms with Crippen LogP contribution in [0.4, 0.5) is 4.79 Å². The number of hydrogen-bond donors (Lipinski definition) is 3. The van der Waals surface area contributed by atoms with Gasteiger partial charge >= 0.3 is 6.09 Å². The van der Waals surface area contributed by atoms with Crippen molar-refractivity contribution in [2.24, 2.45) is 5.73 Å². The van der Waals surface area contributed by atoms with Crippen molar-refractivity contribution in [1.82, 2.24) is 5.32 Å². The van der Waals surface area contributed by atoms with E-state index in [-0.39, 0.29) is 5.91 Å². The van der Waals surface area contributed by atoms with Crippen molar-refractivity contribution in [2.45, 2.75) is 0 Å². The van der Waals surface area contributed by atoms with Gasteiger partial charge in [0.15, 0.2) is 0 Å². The Bertz CT molecular complexity index is 129. The Hall–Kier alpha value is -1.52. The minimum absolute atomic E-state index is 0.144. The van der Waals surface area contributed by atoms with Crippen LogP contribution in [0, 0.1) is 0 Å².